The second kappa shape index (κ2) is 8.47. The number of aromatic nitrogens is 2. The molecule has 1 aliphatic rings. The topological polar surface area (TPSA) is 68.5 Å². The lowest BCUT2D eigenvalue weighted by Crippen LogP contribution is -2.28. The van der Waals surface area contributed by atoms with Crippen LogP contribution in [0.15, 0.2) is 47.6 Å². The van der Waals surface area contributed by atoms with Gasteiger partial charge in [-0.1, -0.05) is 35.0 Å². The molecule has 160 valence electrons. The maximum Gasteiger partial charge on any atom is 0.268 e. The molecular weight excluding hydrogens is 426 g/mol. The first-order chi connectivity index (χ1) is 14.8. The summed E-state index contributed by atoms with van der Waals surface area (Å²) in [7, 11) is 0. The summed E-state index contributed by atoms with van der Waals surface area (Å²) in [5.41, 5.74) is 3.92. The van der Waals surface area contributed by atoms with Crippen molar-refractivity contribution in [2.24, 2.45) is 5.16 Å². The van der Waals surface area contributed by atoms with Gasteiger partial charge in [-0.25, -0.2) is 8.78 Å². The van der Waals surface area contributed by atoms with E-state index in [1.165, 1.54) is 24.3 Å². The van der Waals surface area contributed by atoms with Gasteiger partial charge < -0.3 is 10.2 Å². The smallest absolute Gasteiger partial charge is 0.268 e. The van der Waals surface area contributed by atoms with Crippen LogP contribution in [0.3, 0.4) is 0 Å². The minimum Gasteiger partial charge on any atom is -0.382 e. The van der Waals surface area contributed by atoms with Crippen LogP contribution in [0.5, 0.6) is 0 Å². The van der Waals surface area contributed by atoms with Crippen molar-refractivity contribution in [3.8, 4) is 0 Å². The summed E-state index contributed by atoms with van der Waals surface area (Å²) in [5.74, 6) is -1.11. The maximum absolute atomic E-state index is 13.3. The average Bonchev–Trinajstić information content (AvgIpc) is 3.32. The molecule has 4 rings (SSSR count). The van der Waals surface area contributed by atoms with E-state index in [2.05, 4.69) is 15.6 Å². The largest absolute Gasteiger partial charge is 0.382 e. The number of aryl methyl sites for hydroxylation is 1. The van der Waals surface area contributed by atoms with Crippen molar-refractivity contribution in [1.29, 1.82) is 0 Å². The normalized spacial score (nSPS) is 15.5. The summed E-state index contributed by atoms with van der Waals surface area (Å²) in [6, 6.07) is 10.0. The van der Waals surface area contributed by atoms with E-state index >= 15 is 0 Å². The number of benzene rings is 2. The van der Waals surface area contributed by atoms with E-state index in [-0.39, 0.29) is 18.1 Å². The molecule has 1 unspecified atom stereocenters. The second-order valence-electron chi connectivity index (χ2n) is 7.27. The Bertz CT molecular complexity index is 1170. The summed E-state index contributed by atoms with van der Waals surface area (Å²) in [6.07, 6.45) is -0.525. The van der Waals surface area contributed by atoms with Gasteiger partial charge in [0.05, 0.1) is 29.3 Å². The first kappa shape index (κ1) is 21.0. The van der Waals surface area contributed by atoms with Crippen LogP contribution in [0.4, 0.5) is 14.5 Å². The van der Waals surface area contributed by atoms with E-state index in [1.807, 2.05) is 6.92 Å². The predicted octanol–water partition coefficient (Wildman–Crippen LogP) is 4.61. The van der Waals surface area contributed by atoms with Gasteiger partial charge in [0, 0.05) is 11.4 Å². The molecule has 2 heterocycles. The Morgan fingerprint density at radius 1 is 1.19 bits per heavy atom. The molecule has 0 aliphatic carbocycles. The molecule has 3 aromatic rings. The lowest BCUT2D eigenvalue weighted by molar-refractivity contribution is -0.125. The average molecular weight is 445 g/mol. The highest BCUT2D eigenvalue weighted by Gasteiger charge is 2.30. The molecule has 0 spiro atoms. The van der Waals surface area contributed by atoms with Crippen LogP contribution in [-0.2, 0) is 16.2 Å². The van der Waals surface area contributed by atoms with E-state index in [9.17, 15) is 13.6 Å². The Balaban J connectivity index is 1.45. The zero-order valence-electron chi connectivity index (χ0n) is 16.8. The minimum absolute atomic E-state index is 0.273. The number of anilines is 1. The summed E-state index contributed by atoms with van der Waals surface area (Å²) < 4.78 is 28.1. The highest BCUT2D eigenvalue weighted by Crippen LogP contribution is 2.25. The monoisotopic (exact) mass is 444 g/mol. The molecule has 1 aliphatic heterocycles. The molecule has 0 bridgehead atoms. The van der Waals surface area contributed by atoms with Gasteiger partial charge in [-0.15, -0.1) is 0 Å². The molecule has 6 nitrogen and oxygen atoms in total. The molecule has 0 saturated heterocycles. The van der Waals surface area contributed by atoms with Gasteiger partial charge in [-0.05, 0) is 49.2 Å². The number of nitrogens with one attached hydrogen (secondary N) is 1. The second-order valence-corrected chi connectivity index (χ2v) is 7.68. The maximum atomic E-state index is 13.3. The molecule has 2 aromatic carbocycles. The fourth-order valence-corrected chi connectivity index (χ4v) is 3.60. The standard InChI is InChI=1S/C22H19ClF2N4O2/c1-12-21(13(2)29(27-12)11-15-5-8-17(25)9-18(15)23)26-22(30)20-10-19(28-31-20)14-3-6-16(24)7-4-14/h3-9,20H,10-11H2,1-2H3,(H,26,30). The van der Waals surface area contributed by atoms with Crippen molar-refractivity contribution in [3.05, 3.63) is 81.6 Å². The van der Waals surface area contributed by atoms with Crippen LogP contribution in [0, 0.1) is 25.5 Å². The molecule has 0 fully saturated rings. The van der Waals surface area contributed by atoms with Crippen LogP contribution in [0.2, 0.25) is 5.02 Å². The molecule has 9 heteroatoms. The van der Waals surface area contributed by atoms with Gasteiger partial charge >= 0.3 is 0 Å². The summed E-state index contributed by atoms with van der Waals surface area (Å²) in [4.78, 5) is 18.0. The number of nitrogens with zero attached hydrogens (tertiary/aromatic N) is 3. The SMILES string of the molecule is Cc1nn(Cc2ccc(F)cc2Cl)c(C)c1NC(=O)C1CC(c2ccc(F)cc2)=NO1. The van der Waals surface area contributed by atoms with Gasteiger partial charge in [0.25, 0.3) is 5.91 Å². The number of halogens is 3. The fourth-order valence-electron chi connectivity index (χ4n) is 3.38. The van der Waals surface area contributed by atoms with Gasteiger partial charge in [-0.2, -0.15) is 5.10 Å². The zero-order valence-corrected chi connectivity index (χ0v) is 17.6. The van der Waals surface area contributed by atoms with Gasteiger partial charge in [0.1, 0.15) is 11.6 Å². The van der Waals surface area contributed by atoms with E-state index in [0.717, 1.165) is 5.69 Å². The fraction of sp³-hybridized carbons (Fsp3) is 0.227. The number of amides is 1. The number of hydrogen-bond acceptors (Lipinski definition) is 4. The summed E-state index contributed by atoms with van der Waals surface area (Å²) in [6.45, 7) is 3.93. The number of carbonyl (C=O) groups is 1. The minimum atomic E-state index is -0.797. The van der Waals surface area contributed by atoms with Gasteiger partial charge in [0.2, 0.25) is 6.10 Å². The molecule has 31 heavy (non-hydrogen) atoms. The summed E-state index contributed by atoms with van der Waals surface area (Å²) in [5, 5.41) is 11.6. The van der Waals surface area contributed by atoms with Crippen molar-refractivity contribution in [1.82, 2.24) is 9.78 Å². The Labute approximate surface area is 182 Å². The van der Waals surface area contributed by atoms with Crippen molar-refractivity contribution in [2.45, 2.75) is 32.9 Å². The van der Waals surface area contributed by atoms with E-state index < -0.39 is 11.9 Å². The highest BCUT2D eigenvalue weighted by atomic mass is 35.5. The number of carbonyl (C=O) groups excluding carboxylic acids is 1. The third-order valence-electron chi connectivity index (χ3n) is 5.10. The van der Waals surface area contributed by atoms with Gasteiger partial charge in [0.15, 0.2) is 0 Å². The zero-order chi connectivity index (χ0) is 22.1. The molecule has 1 amide bonds. The first-order valence-corrected chi connectivity index (χ1v) is 9.97. The highest BCUT2D eigenvalue weighted by molar-refractivity contribution is 6.31. The van der Waals surface area contributed by atoms with Crippen molar-refractivity contribution < 1.29 is 18.4 Å². The molecule has 1 aromatic heterocycles. The number of oxime groups is 1. The number of rotatable bonds is 5. The quantitative estimate of drug-likeness (QED) is 0.624. The molecule has 1 N–H and O–H groups in total. The van der Waals surface area contributed by atoms with Gasteiger partial charge in [-0.3, -0.25) is 9.48 Å². The van der Waals surface area contributed by atoms with Crippen LogP contribution >= 0.6 is 11.6 Å². The molecule has 0 radical (unpaired) electrons. The Hall–Kier alpha value is -3.26. The lowest BCUT2D eigenvalue weighted by Gasteiger charge is -2.11. The van der Waals surface area contributed by atoms with Crippen LogP contribution < -0.4 is 5.32 Å². The Morgan fingerprint density at radius 2 is 1.90 bits per heavy atom. The summed E-state index contributed by atoms with van der Waals surface area (Å²) >= 11 is 6.12. The lowest BCUT2D eigenvalue weighted by atomic mass is 10.0. The number of hydrogen-bond donors (Lipinski definition) is 1. The van der Waals surface area contributed by atoms with Crippen molar-refractivity contribution in [3.63, 3.8) is 0 Å². The van der Waals surface area contributed by atoms with Crippen LogP contribution in [-0.4, -0.2) is 27.5 Å². The van der Waals surface area contributed by atoms with Crippen LogP contribution in [0.1, 0.15) is 28.9 Å². The van der Waals surface area contributed by atoms with Crippen molar-refractivity contribution >= 4 is 28.9 Å². The first-order valence-electron chi connectivity index (χ1n) is 9.59. The third-order valence-corrected chi connectivity index (χ3v) is 5.46. The third kappa shape index (κ3) is 4.44. The van der Waals surface area contributed by atoms with E-state index in [1.54, 1.807) is 29.8 Å². The van der Waals surface area contributed by atoms with Crippen molar-refractivity contribution in [2.75, 3.05) is 5.32 Å². The molecular formula is C22H19ClF2N4O2. The molecule has 0 saturated carbocycles. The Kier molecular flexibility index (Phi) is 5.73. The van der Waals surface area contributed by atoms with Crippen LogP contribution in [0.25, 0.3) is 0 Å². The molecule has 1 atom stereocenters. The van der Waals surface area contributed by atoms with E-state index in [0.29, 0.717) is 39.8 Å². The predicted molar refractivity (Wildman–Crippen MR) is 113 cm³/mol. The van der Waals surface area contributed by atoms with E-state index in [4.69, 9.17) is 16.4 Å². The Morgan fingerprint density at radius 3 is 2.61 bits per heavy atom.